The average molecular weight is 322 g/mol. The van der Waals surface area contributed by atoms with Crippen molar-refractivity contribution in [2.45, 2.75) is 25.9 Å². The van der Waals surface area contributed by atoms with E-state index in [1.165, 1.54) is 0 Å². The SMILES string of the molecule is COc1cc(C(=O)N2CC(C)N(C)C(C)C2)cc(OC)c1OC. The van der Waals surface area contributed by atoms with Crippen LogP contribution in [0.15, 0.2) is 12.1 Å². The number of ether oxygens (including phenoxy) is 3. The third-order valence-electron chi connectivity index (χ3n) is 4.56. The van der Waals surface area contributed by atoms with Gasteiger partial charge >= 0.3 is 0 Å². The van der Waals surface area contributed by atoms with Gasteiger partial charge in [-0.3, -0.25) is 9.69 Å². The van der Waals surface area contributed by atoms with Crippen LogP contribution in [0.5, 0.6) is 17.2 Å². The highest BCUT2D eigenvalue weighted by Crippen LogP contribution is 2.38. The molecule has 23 heavy (non-hydrogen) atoms. The molecule has 1 fully saturated rings. The molecule has 0 N–H and O–H groups in total. The van der Waals surface area contributed by atoms with Crippen molar-refractivity contribution < 1.29 is 19.0 Å². The Hall–Kier alpha value is -1.95. The summed E-state index contributed by atoms with van der Waals surface area (Å²) in [7, 11) is 6.74. The number of carbonyl (C=O) groups is 1. The Balaban J connectivity index is 2.32. The van der Waals surface area contributed by atoms with E-state index >= 15 is 0 Å². The zero-order valence-corrected chi connectivity index (χ0v) is 14.8. The maximum Gasteiger partial charge on any atom is 0.254 e. The summed E-state index contributed by atoms with van der Waals surface area (Å²) in [6.45, 7) is 5.67. The zero-order valence-electron chi connectivity index (χ0n) is 14.8. The first kappa shape index (κ1) is 17.4. The number of rotatable bonds is 4. The largest absolute Gasteiger partial charge is 0.493 e. The van der Waals surface area contributed by atoms with Gasteiger partial charge in [-0.05, 0) is 33.0 Å². The number of likely N-dealkylation sites (N-methyl/N-ethyl adjacent to an activating group) is 1. The lowest BCUT2D eigenvalue weighted by atomic mass is 10.1. The molecule has 1 saturated heterocycles. The fourth-order valence-corrected chi connectivity index (χ4v) is 2.96. The molecular formula is C17H26N2O4. The standard InChI is InChI=1S/C17H26N2O4/c1-11-9-19(10-12(2)18(11)3)17(20)13-7-14(21-4)16(23-6)15(8-13)22-5/h7-8,11-12H,9-10H2,1-6H3. The van der Waals surface area contributed by atoms with Crippen LogP contribution < -0.4 is 14.2 Å². The van der Waals surface area contributed by atoms with Crippen molar-refractivity contribution in [1.82, 2.24) is 9.80 Å². The summed E-state index contributed by atoms with van der Waals surface area (Å²) >= 11 is 0. The second kappa shape index (κ2) is 7.08. The zero-order chi connectivity index (χ0) is 17.1. The number of benzene rings is 1. The number of amides is 1. The first-order valence-electron chi connectivity index (χ1n) is 7.74. The predicted molar refractivity (Wildman–Crippen MR) is 88.7 cm³/mol. The first-order valence-corrected chi connectivity index (χ1v) is 7.74. The minimum Gasteiger partial charge on any atom is -0.493 e. The smallest absolute Gasteiger partial charge is 0.254 e. The van der Waals surface area contributed by atoms with Crippen LogP contribution in [-0.4, -0.2) is 69.3 Å². The van der Waals surface area contributed by atoms with Crippen molar-refractivity contribution in [3.05, 3.63) is 17.7 Å². The van der Waals surface area contributed by atoms with Gasteiger partial charge in [0.15, 0.2) is 11.5 Å². The Morgan fingerprint density at radius 1 is 1.00 bits per heavy atom. The van der Waals surface area contributed by atoms with Gasteiger partial charge < -0.3 is 19.1 Å². The van der Waals surface area contributed by atoms with Crippen molar-refractivity contribution in [2.75, 3.05) is 41.5 Å². The van der Waals surface area contributed by atoms with Crippen molar-refractivity contribution >= 4 is 5.91 Å². The molecule has 6 nitrogen and oxygen atoms in total. The molecule has 0 aromatic heterocycles. The van der Waals surface area contributed by atoms with Crippen molar-refractivity contribution in [2.24, 2.45) is 0 Å². The molecule has 1 amide bonds. The summed E-state index contributed by atoms with van der Waals surface area (Å²) in [6.07, 6.45) is 0. The topological polar surface area (TPSA) is 51.2 Å². The van der Waals surface area contributed by atoms with Gasteiger partial charge in [-0.15, -0.1) is 0 Å². The van der Waals surface area contributed by atoms with Gasteiger partial charge in [0.1, 0.15) is 0 Å². The normalized spacial score (nSPS) is 21.9. The third kappa shape index (κ3) is 3.37. The van der Waals surface area contributed by atoms with Gasteiger partial charge in [0.05, 0.1) is 21.3 Å². The molecule has 0 spiro atoms. The number of piperazine rings is 1. The van der Waals surface area contributed by atoms with Crippen LogP contribution in [0, 0.1) is 0 Å². The van der Waals surface area contributed by atoms with Crippen LogP contribution in [0.2, 0.25) is 0 Å². The third-order valence-corrected chi connectivity index (χ3v) is 4.56. The molecule has 1 aromatic rings. The highest BCUT2D eigenvalue weighted by molar-refractivity contribution is 5.95. The molecular weight excluding hydrogens is 296 g/mol. The van der Waals surface area contributed by atoms with Gasteiger partial charge in [0.2, 0.25) is 5.75 Å². The monoisotopic (exact) mass is 322 g/mol. The molecule has 0 bridgehead atoms. The van der Waals surface area contributed by atoms with Crippen LogP contribution in [-0.2, 0) is 0 Å². The van der Waals surface area contributed by atoms with E-state index in [9.17, 15) is 4.79 Å². The summed E-state index contributed by atoms with van der Waals surface area (Å²) in [5, 5.41) is 0. The molecule has 1 aromatic carbocycles. The Labute approximate surface area is 137 Å². The second-order valence-electron chi connectivity index (χ2n) is 5.99. The van der Waals surface area contributed by atoms with Crippen LogP contribution in [0.1, 0.15) is 24.2 Å². The molecule has 2 atom stereocenters. The number of methoxy groups -OCH3 is 3. The molecule has 0 radical (unpaired) electrons. The summed E-state index contributed by atoms with van der Waals surface area (Å²) in [5.74, 6) is 1.46. The van der Waals surface area contributed by atoms with Crippen LogP contribution >= 0.6 is 0 Å². The number of carbonyl (C=O) groups excluding carboxylic acids is 1. The lowest BCUT2D eigenvalue weighted by Crippen LogP contribution is -2.56. The lowest BCUT2D eigenvalue weighted by molar-refractivity contribution is 0.0413. The van der Waals surface area contributed by atoms with E-state index in [0.717, 1.165) is 0 Å². The van der Waals surface area contributed by atoms with E-state index in [2.05, 4.69) is 25.8 Å². The van der Waals surface area contributed by atoms with Crippen LogP contribution in [0.25, 0.3) is 0 Å². The molecule has 1 aliphatic heterocycles. The predicted octanol–water partition coefficient (Wildman–Crippen LogP) is 1.88. The van der Waals surface area contributed by atoms with Gasteiger partial charge in [0.25, 0.3) is 5.91 Å². The van der Waals surface area contributed by atoms with E-state index in [1.807, 2.05) is 4.90 Å². The number of hydrogen-bond donors (Lipinski definition) is 0. The minimum atomic E-state index is -0.0175. The fourth-order valence-electron chi connectivity index (χ4n) is 2.96. The first-order chi connectivity index (χ1) is 10.9. The summed E-state index contributed by atoms with van der Waals surface area (Å²) in [4.78, 5) is 17.1. The second-order valence-corrected chi connectivity index (χ2v) is 5.99. The number of nitrogens with zero attached hydrogens (tertiary/aromatic N) is 2. The average Bonchev–Trinajstić information content (AvgIpc) is 2.56. The van der Waals surface area contributed by atoms with Gasteiger partial charge in [0, 0.05) is 30.7 Å². The Morgan fingerprint density at radius 2 is 1.48 bits per heavy atom. The van der Waals surface area contributed by atoms with E-state index < -0.39 is 0 Å². The van der Waals surface area contributed by atoms with Gasteiger partial charge in [-0.2, -0.15) is 0 Å². The van der Waals surface area contributed by atoms with E-state index in [4.69, 9.17) is 14.2 Å². The fraction of sp³-hybridized carbons (Fsp3) is 0.588. The summed E-state index contributed by atoms with van der Waals surface area (Å²) < 4.78 is 16.0. The van der Waals surface area contributed by atoms with E-state index in [0.29, 0.717) is 48.0 Å². The summed E-state index contributed by atoms with van der Waals surface area (Å²) in [6, 6.07) is 4.06. The molecule has 6 heteroatoms. The van der Waals surface area contributed by atoms with E-state index in [1.54, 1.807) is 33.5 Å². The maximum atomic E-state index is 12.9. The van der Waals surface area contributed by atoms with Crippen molar-refractivity contribution in [3.8, 4) is 17.2 Å². The minimum absolute atomic E-state index is 0.0175. The Bertz CT molecular complexity index is 539. The van der Waals surface area contributed by atoms with E-state index in [-0.39, 0.29) is 5.91 Å². The number of hydrogen-bond acceptors (Lipinski definition) is 5. The van der Waals surface area contributed by atoms with Crippen LogP contribution in [0.3, 0.4) is 0 Å². The maximum absolute atomic E-state index is 12.9. The Kier molecular flexibility index (Phi) is 5.36. The summed E-state index contributed by atoms with van der Waals surface area (Å²) in [5.41, 5.74) is 0.545. The molecule has 2 rings (SSSR count). The lowest BCUT2D eigenvalue weighted by Gasteiger charge is -2.42. The van der Waals surface area contributed by atoms with Crippen molar-refractivity contribution in [3.63, 3.8) is 0 Å². The van der Waals surface area contributed by atoms with Gasteiger partial charge in [-0.25, -0.2) is 0 Å². The molecule has 1 aliphatic rings. The molecule has 0 aliphatic carbocycles. The highest BCUT2D eigenvalue weighted by Gasteiger charge is 2.30. The molecule has 128 valence electrons. The van der Waals surface area contributed by atoms with Gasteiger partial charge in [-0.1, -0.05) is 0 Å². The molecule has 2 unspecified atom stereocenters. The highest BCUT2D eigenvalue weighted by atomic mass is 16.5. The quantitative estimate of drug-likeness (QED) is 0.847. The Morgan fingerprint density at radius 3 is 1.87 bits per heavy atom. The van der Waals surface area contributed by atoms with Crippen molar-refractivity contribution in [1.29, 1.82) is 0 Å². The molecule has 0 saturated carbocycles. The molecule has 1 heterocycles. The van der Waals surface area contributed by atoms with Crippen LogP contribution in [0.4, 0.5) is 0 Å².